The van der Waals surface area contributed by atoms with Gasteiger partial charge < -0.3 is 19.5 Å². The monoisotopic (exact) mass is 409 g/mol. The number of rotatable bonds is 3. The summed E-state index contributed by atoms with van der Waals surface area (Å²) in [6, 6.07) is 0. The Bertz CT molecular complexity index is 626. The quantitative estimate of drug-likeness (QED) is 0.566. The van der Waals surface area contributed by atoms with Crippen LogP contribution in [-0.2, 0) is 28.8 Å². The second kappa shape index (κ2) is 7.10. The average molecular weight is 409 g/mol. The lowest BCUT2D eigenvalue weighted by Gasteiger charge is -2.57. The van der Waals surface area contributed by atoms with Crippen LogP contribution in [0.3, 0.4) is 0 Å². The largest absolute Gasteiger partial charge is 0.462 e. The van der Waals surface area contributed by atoms with Gasteiger partial charge in [0.15, 0.2) is 0 Å². The second-order valence-corrected chi connectivity index (χ2v) is 9.59. The fourth-order valence-corrected chi connectivity index (χ4v) is 6.66. The molecule has 3 unspecified atom stereocenters. The van der Waals surface area contributed by atoms with E-state index in [1.165, 1.54) is 13.5 Å². The first-order chi connectivity index (χ1) is 13.9. The first-order valence-electron chi connectivity index (χ1n) is 11.1. The third kappa shape index (κ3) is 3.33. The van der Waals surface area contributed by atoms with Crippen LogP contribution in [0.15, 0.2) is 0 Å². The van der Waals surface area contributed by atoms with Crippen LogP contribution in [0, 0.1) is 23.7 Å². The molecule has 5 aliphatic carbocycles. The molecule has 1 saturated heterocycles. The Hall–Kier alpha value is -1.38. The Morgan fingerprint density at radius 3 is 2.14 bits per heavy atom. The summed E-state index contributed by atoms with van der Waals surface area (Å²) < 4.78 is 17.8. The number of carbonyl (C=O) groups is 2. The van der Waals surface area contributed by atoms with Crippen LogP contribution >= 0.6 is 0 Å². The highest BCUT2D eigenvalue weighted by Gasteiger charge is 2.68. The van der Waals surface area contributed by atoms with Crippen molar-refractivity contribution in [3.63, 3.8) is 0 Å². The molecule has 4 bridgehead atoms. The number of hydrogen-bond acceptors (Lipinski definition) is 7. The van der Waals surface area contributed by atoms with Gasteiger partial charge in [-0.05, 0) is 43.9 Å². The highest BCUT2D eigenvalue weighted by molar-refractivity contribution is 5.69. The Morgan fingerprint density at radius 1 is 0.931 bits per heavy atom. The number of nitrogens with one attached hydrogen (secondary N) is 1. The Morgan fingerprint density at radius 2 is 1.55 bits per heavy atom. The first-order valence-corrected chi connectivity index (χ1v) is 11.1. The number of carbonyl (C=O) groups excluding carboxylic acids is 2. The summed E-state index contributed by atoms with van der Waals surface area (Å²) in [5.41, 5.74) is 0. The number of esters is 1. The van der Waals surface area contributed by atoms with Crippen LogP contribution in [-0.4, -0.2) is 42.9 Å². The van der Waals surface area contributed by atoms with Gasteiger partial charge in [-0.2, -0.15) is 9.78 Å². The molecule has 6 aliphatic rings. The zero-order valence-electron chi connectivity index (χ0n) is 17.2. The molecule has 5 saturated carbocycles. The smallest absolute Gasteiger partial charge is 0.407 e. The average Bonchev–Trinajstić information content (AvgIpc) is 3.04. The standard InChI is InChI=1S/C21H31NO7/c1-3-18(23)25-16-9-17(26-19(24)22-2)11-20(10-16)27-21(29-28-20)14-5-12-4-13(7-14)8-15(21)6-12/h12-17H,3-11H2,1-2H3,(H,22,24). The summed E-state index contributed by atoms with van der Waals surface area (Å²) in [5.74, 6) is 0.202. The van der Waals surface area contributed by atoms with Crippen LogP contribution in [0.2, 0.25) is 0 Å². The van der Waals surface area contributed by atoms with Crippen LogP contribution in [0.4, 0.5) is 4.79 Å². The van der Waals surface area contributed by atoms with Gasteiger partial charge in [-0.15, -0.1) is 0 Å². The fourth-order valence-electron chi connectivity index (χ4n) is 6.66. The van der Waals surface area contributed by atoms with E-state index < -0.39 is 29.9 Å². The van der Waals surface area contributed by atoms with Crippen molar-refractivity contribution in [2.45, 2.75) is 88.5 Å². The number of alkyl carbamates (subject to hydrolysis) is 1. The van der Waals surface area contributed by atoms with E-state index >= 15 is 0 Å². The van der Waals surface area contributed by atoms with Gasteiger partial charge in [0.1, 0.15) is 12.2 Å². The van der Waals surface area contributed by atoms with E-state index in [0.29, 0.717) is 37.5 Å². The molecule has 0 aromatic rings. The molecule has 1 heterocycles. The Labute approximate surface area is 170 Å². The van der Waals surface area contributed by atoms with Crippen molar-refractivity contribution in [3.8, 4) is 0 Å². The summed E-state index contributed by atoms with van der Waals surface area (Å²) in [6.45, 7) is 1.76. The van der Waals surface area contributed by atoms with Gasteiger partial charge in [-0.25, -0.2) is 4.79 Å². The van der Waals surface area contributed by atoms with Crippen LogP contribution in [0.25, 0.3) is 0 Å². The maximum absolute atomic E-state index is 11.9. The molecule has 0 aromatic carbocycles. The van der Waals surface area contributed by atoms with Gasteiger partial charge in [-0.3, -0.25) is 4.79 Å². The third-order valence-electron chi connectivity index (χ3n) is 7.61. The third-order valence-corrected chi connectivity index (χ3v) is 7.61. The zero-order valence-corrected chi connectivity index (χ0v) is 17.2. The molecule has 8 nitrogen and oxygen atoms in total. The molecule has 1 aliphatic heterocycles. The summed E-state index contributed by atoms with van der Waals surface area (Å²) in [6.07, 6.45) is 5.87. The molecule has 2 spiro atoms. The molecule has 162 valence electrons. The van der Waals surface area contributed by atoms with Crippen molar-refractivity contribution in [1.29, 1.82) is 0 Å². The molecule has 29 heavy (non-hydrogen) atoms. The number of ether oxygens (including phenoxy) is 3. The lowest BCUT2D eigenvalue weighted by Crippen LogP contribution is -2.60. The molecular weight excluding hydrogens is 378 g/mol. The minimum absolute atomic E-state index is 0.283. The van der Waals surface area contributed by atoms with E-state index in [1.54, 1.807) is 6.92 Å². The summed E-state index contributed by atoms with van der Waals surface area (Å²) >= 11 is 0. The van der Waals surface area contributed by atoms with Gasteiger partial charge >= 0.3 is 12.1 Å². The molecule has 6 fully saturated rings. The van der Waals surface area contributed by atoms with Gasteiger partial charge in [0.2, 0.25) is 11.6 Å². The second-order valence-electron chi connectivity index (χ2n) is 9.59. The summed E-state index contributed by atoms with van der Waals surface area (Å²) in [5, 5.41) is 2.48. The van der Waals surface area contributed by atoms with Crippen LogP contribution in [0.1, 0.15) is 64.7 Å². The minimum atomic E-state index is -1.05. The maximum Gasteiger partial charge on any atom is 0.407 e. The topological polar surface area (TPSA) is 92.3 Å². The Balaban J connectivity index is 1.36. The SMILES string of the molecule is CCC(=O)OC1CC(OC(=O)NC)CC2(C1)OOC1(O2)C2CC3CC(C2)CC1C3. The lowest BCUT2D eigenvalue weighted by atomic mass is 9.53. The van der Waals surface area contributed by atoms with Gasteiger partial charge in [0.25, 0.3) is 0 Å². The van der Waals surface area contributed by atoms with Gasteiger partial charge in [-0.1, -0.05) is 6.92 Å². The molecule has 6 rings (SSSR count). The summed E-state index contributed by atoms with van der Waals surface area (Å²) in [7, 11) is 1.52. The first kappa shape index (κ1) is 19.6. The van der Waals surface area contributed by atoms with E-state index in [-0.39, 0.29) is 5.97 Å². The van der Waals surface area contributed by atoms with Crippen LogP contribution < -0.4 is 5.32 Å². The highest BCUT2D eigenvalue weighted by Crippen LogP contribution is 2.63. The van der Waals surface area contributed by atoms with Crippen molar-refractivity contribution in [3.05, 3.63) is 0 Å². The van der Waals surface area contributed by atoms with E-state index in [0.717, 1.165) is 37.5 Å². The van der Waals surface area contributed by atoms with E-state index in [1.807, 2.05) is 0 Å². The maximum atomic E-state index is 11.9. The summed E-state index contributed by atoms with van der Waals surface area (Å²) in [4.78, 5) is 35.7. The Kier molecular flexibility index (Phi) is 4.79. The molecule has 0 aromatic heterocycles. The molecule has 1 N–H and O–H groups in total. The minimum Gasteiger partial charge on any atom is -0.462 e. The fraction of sp³-hybridized carbons (Fsp3) is 0.905. The van der Waals surface area contributed by atoms with Gasteiger partial charge in [0, 0.05) is 44.6 Å². The van der Waals surface area contributed by atoms with Gasteiger partial charge in [0.05, 0.1) is 0 Å². The normalized spacial score (nSPS) is 47.5. The predicted molar refractivity (Wildman–Crippen MR) is 99.1 cm³/mol. The molecule has 8 heteroatoms. The van der Waals surface area contributed by atoms with Crippen molar-refractivity contribution in [1.82, 2.24) is 5.32 Å². The van der Waals surface area contributed by atoms with Crippen molar-refractivity contribution >= 4 is 12.1 Å². The molecular formula is C21H31NO7. The molecule has 1 amide bonds. The van der Waals surface area contributed by atoms with Crippen molar-refractivity contribution in [2.75, 3.05) is 7.05 Å². The molecule has 3 atom stereocenters. The van der Waals surface area contributed by atoms with E-state index in [4.69, 9.17) is 24.0 Å². The van der Waals surface area contributed by atoms with Crippen LogP contribution in [0.5, 0.6) is 0 Å². The van der Waals surface area contributed by atoms with E-state index in [9.17, 15) is 9.59 Å². The number of hydrogen-bond donors (Lipinski definition) is 1. The zero-order chi connectivity index (χ0) is 20.2. The van der Waals surface area contributed by atoms with Crippen molar-refractivity contribution < 1.29 is 33.6 Å². The predicted octanol–water partition coefficient (Wildman–Crippen LogP) is 3.04. The number of amides is 1. The lowest BCUT2D eigenvalue weighted by molar-refractivity contribution is -0.391. The van der Waals surface area contributed by atoms with Crippen molar-refractivity contribution in [2.24, 2.45) is 23.7 Å². The molecule has 0 radical (unpaired) electrons. The van der Waals surface area contributed by atoms with E-state index in [2.05, 4.69) is 5.32 Å². The highest BCUT2D eigenvalue weighted by atomic mass is 17.3.